The van der Waals surface area contributed by atoms with Gasteiger partial charge in [-0.25, -0.2) is 0 Å². The van der Waals surface area contributed by atoms with Crippen LogP contribution in [0.1, 0.15) is 33.3 Å². The molecule has 0 bridgehead atoms. The number of Topliss-reactive ketones (excluding diaryl/α,β-unsaturated/α-hetero) is 1. The van der Waals surface area contributed by atoms with E-state index in [4.69, 9.17) is 0 Å². The molecule has 4 heteroatoms. The van der Waals surface area contributed by atoms with E-state index in [0.29, 0.717) is 16.8 Å². The first kappa shape index (κ1) is 15.0. The summed E-state index contributed by atoms with van der Waals surface area (Å²) in [6.07, 6.45) is 0. The van der Waals surface area contributed by atoms with Crippen molar-refractivity contribution in [2.45, 2.75) is 13.8 Å². The normalized spacial score (nSPS) is 10.7. The van der Waals surface area contributed by atoms with E-state index in [2.05, 4.69) is 5.32 Å². The molecule has 3 rings (SSSR count). The number of fused-ring (bicyclic) bond motifs is 1. The highest BCUT2D eigenvalue weighted by Crippen LogP contribution is 2.25. The Morgan fingerprint density at radius 2 is 1.65 bits per heavy atom. The number of hydrogen-bond donors (Lipinski definition) is 1. The summed E-state index contributed by atoms with van der Waals surface area (Å²) in [6.45, 7) is 3.46. The molecule has 0 radical (unpaired) electrons. The molecule has 2 aromatic carbocycles. The van der Waals surface area contributed by atoms with Crippen molar-refractivity contribution in [2.24, 2.45) is 7.05 Å². The second-order valence-corrected chi connectivity index (χ2v) is 5.62. The Balaban J connectivity index is 1.95. The van der Waals surface area contributed by atoms with Gasteiger partial charge in [0.1, 0.15) is 0 Å². The van der Waals surface area contributed by atoms with Crippen molar-refractivity contribution < 1.29 is 9.59 Å². The lowest BCUT2D eigenvalue weighted by molar-refractivity contribution is 0.101. The van der Waals surface area contributed by atoms with Crippen LogP contribution >= 0.6 is 0 Å². The quantitative estimate of drug-likeness (QED) is 0.745. The van der Waals surface area contributed by atoms with Gasteiger partial charge >= 0.3 is 0 Å². The number of nitrogens with one attached hydrogen (secondary N) is 1. The van der Waals surface area contributed by atoms with E-state index in [-0.39, 0.29) is 11.7 Å². The molecule has 0 fully saturated rings. The summed E-state index contributed by atoms with van der Waals surface area (Å²) < 4.78 is 2.02. The summed E-state index contributed by atoms with van der Waals surface area (Å²) in [7, 11) is 1.95. The fourth-order valence-electron chi connectivity index (χ4n) is 2.79. The average Bonchev–Trinajstić information content (AvgIpc) is 2.80. The first-order valence-corrected chi connectivity index (χ1v) is 7.45. The Morgan fingerprint density at radius 3 is 2.30 bits per heavy atom. The predicted molar refractivity (Wildman–Crippen MR) is 92.1 cm³/mol. The van der Waals surface area contributed by atoms with E-state index >= 15 is 0 Å². The van der Waals surface area contributed by atoms with Gasteiger partial charge in [0.05, 0.1) is 5.56 Å². The van der Waals surface area contributed by atoms with Crippen molar-refractivity contribution in [1.29, 1.82) is 0 Å². The smallest absolute Gasteiger partial charge is 0.258 e. The van der Waals surface area contributed by atoms with Crippen LogP contribution in [0.2, 0.25) is 0 Å². The molecule has 0 unspecified atom stereocenters. The molecule has 116 valence electrons. The standard InChI is InChI=1S/C19H18N2O2/c1-12-18(16-6-4-5-7-17(16)21(12)3)19(23)20-15-10-8-14(9-11-15)13(2)22/h4-11H,1-3H3,(H,20,23). The minimum Gasteiger partial charge on any atom is -0.347 e. The molecule has 1 amide bonds. The molecular formula is C19H18N2O2. The van der Waals surface area contributed by atoms with Crippen molar-refractivity contribution in [3.63, 3.8) is 0 Å². The average molecular weight is 306 g/mol. The molecule has 0 atom stereocenters. The number of nitrogens with zero attached hydrogens (tertiary/aromatic N) is 1. The Kier molecular flexibility index (Phi) is 3.74. The Morgan fingerprint density at radius 1 is 1.00 bits per heavy atom. The molecule has 0 aliphatic carbocycles. The zero-order valence-corrected chi connectivity index (χ0v) is 13.4. The highest BCUT2D eigenvalue weighted by Gasteiger charge is 2.18. The van der Waals surface area contributed by atoms with Crippen LogP contribution in [0.25, 0.3) is 10.9 Å². The summed E-state index contributed by atoms with van der Waals surface area (Å²) in [4.78, 5) is 24.0. The zero-order chi connectivity index (χ0) is 16.6. The molecule has 1 heterocycles. The van der Waals surface area contributed by atoms with Gasteiger partial charge in [0.2, 0.25) is 0 Å². The Labute approximate surface area is 134 Å². The monoisotopic (exact) mass is 306 g/mol. The molecule has 0 aliphatic heterocycles. The van der Waals surface area contributed by atoms with E-state index in [1.165, 1.54) is 6.92 Å². The summed E-state index contributed by atoms with van der Waals surface area (Å²) >= 11 is 0. The lowest BCUT2D eigenvalue weighted by Gasteiger charge is -2.06. The van der Waals surface area contributed by atoms with E-state index in [1.807, 2.05) is 42.8 Å². The fraction of sp³-hybridized carbons (Fsp3) is 0.158. The topological polar surface area (TPSA) is 51.1 Å². The number of para-hydroxylation sites is 1. The fourth-order valence-corrected chi connectivity index (χ4v) is 2.79. The largest absolute Gasteiger partial charge is 0.347 e. The SMILES string of the molecule is CC(=O)c1ccc(NC(=O)c2c(C)n(C)c3ccccc23)cc1. The van der Waals surface area contributed by atoms with Crippen LogP contribution in [0.5, 0.6) is 0 Å². The lowest BCUT2D eigenvalue weighted by atomic mass is 10.1. The van der Waals surface area contributed by atoms with Gasteiger partial charge < -0.3 is 9.88 Å². The summed E-state index contributed by atoms with van der Waals surface area (Å²) in [5, 5.41) is 3.84. The highest BCUT2D eigenvalue weighted by atomic mass is 16.1. The number of ketones is 1. The number of carbonyl (C=O) groups excluding carboxylic acids is 2. The number of carbonyl (C=O) groups is 2. The molecule has 4 nitrogen and oxygen atoms in total. The van der Waals surface area contributed by atoms with Crippen molar-refractivity contribution in [3.8, 4) is 0 Å². The van der Waals surface area contributed by atoms with Gasteiger partial charge in [-0.15, -0.1) is 0 Å². The van der Waals surface area contributed by atoms with Gasteiger partial charge in [-0.3, -0.25) is 9.59 Å². The van der Waals surface area contributed by atoms with Gasteiger partial charge in [-0.2, -0.15) is 0 Å². The maximum Gasteiger partial charge on any atom is 0.258 e. The maximum absolute atomic E-state index is 12.7. The maximum atomic E-state index is 12.7. The molecule has 0 spiro atoms. The number of rotatable bonds is 3. The van der Waals surface area contributed by atoms with Crippen LogP contribution in [-0.2, 0) is 7.05 Å². The van der Waals surface area contributed by atoms with Gasteiger partial charge in [-0.05, 0) is 44.2 Å². The number of hydrogen-bond acceptors (Lipinski definition) is 2. The molecule has 0 saturated carbocycles. The van der Waals surface area contributed by atoms with Gasteiger partial charge in [0, 0.05) is 34.9 Å². The molecule has 23 heavy (non-hydrogen) atoms. The molecule has 1 N–H and O–H groups in total. The third-order valence-corrected chi connectivity index (χ3v) is 4.18. The molecule has 0 saturated heterocycles. The summed E-state index contributed by atoms with van der Waals surface area (Å²) in [6, 6.07) is 14.8. The lowest BCUT2D eigenvalue weighted by Crippen LogP contribution is -2.13. The number of aromatic nitrogens is 1. The van der Waals surface area contributed by atoms with E-state index in [1.54, 1.807) is 24.3 Å². The molecule has 3 aromatic rings. The van der Waals surface area contributed by atoms with Crippen molar-refractivity contribution in [1.82, 2.24) is 4.57 Å². The minimum absolute atomic E-state index is 0.00720. The first-order chi connectivity index (χ1) is 11.0. The third-order valence-electron chi connectivity index (χ3n) is 4.18. The van der Waals surface area contributed by atoms with Crippen molar-refractivity contribution in [3.05, 3.63) is 65.4 Å². The number of aryl methyl sites for hydroxylation is 1. The number of amides is 1. The molecular weight excluding hydrogens is 288 g/mol. The van der Waals surface area contributed by atoms with Crippen LogP contribution in [0, 0.1) is 6.92 Å². The first-order valence-electron chi connectivity index (χ1n) is 7.45. The van der Waals surface area contributed by atoms with E-state index in [0.717, 1.165) is 16.6 Å². The minimum atomic E-state index is -0.144. The van der Waals surface area contributed by atoms with E-state index in [9.17, 15) is 9.59 Å². The summed E-state index contributed by atoms with van der Waals surface area (Å²) in [5.41, 5.74) is 3.93. The van der Waals surface area contributed by atoms with E-state index < -0.39 is 0 Å². The second-order valence-electron chi connectivity index (χ2n) is 5.62. The van der Waals surface area contributed by atoms with Crippen LogP contribution in [0.15, 0.2) is 48.5 Å². The van der Waals surface area contributed by atoms with Crippen molar-refractivity contribution >= 4 is 28.3 Å². The number of benzene rings is 2. The molecule has 0 aliphatic rings. The molecule has 1 aromatic heterocycles. The second kappa shape index (κ2) is 5.72. The van der Waals surface area contributed by atoms with Crippen LogP contribution in [-0.4, -0.2) is 16.3 Å². The van der Waals surface area contributed by atoms with Crippen LogP contribution < -0.4 is 5.32 Å². The van der Waals surface area contributed by atoms with Gasteiger partial charge in [0.15, 0.2) is 5.78 Å². The highest BCUT2D eigenvalue weighted by molar-refractivity contribution is 6.14. The summed E-state index contributed by atoms with van der Waals surface area (Å²) in [5.74, 6) is -0.136. The Hall–Kier alpha value is -2.88. The van der Waals surface area contributed by atoms with Gasteiger partial charge in [-0.1, -0.05) is 18.2 Å². The van der Waals surface area contributed by atoms with Gasteiger partial charge in [0.25, 0.3) is 5.91 Å². The Bertz CT molecular complexity index is 905. The predicted octanol–water partition coefficient (Wildman–Crippen LogP) is 3.94. The van der Waals surface area contributed by atoms with Crippen molar-refractivity contribution in [2.75, 3.05) is 5.32 Å². The van der Waals surface area contributed by atoms with Crippen LogP contribution in [0.4, 0.5) is 5.69 Å². The third kappa shape index (κ3) is 2.63. The van der Waals surface area contributed by atoms with Crippen LogP contribution in [0.3, 0.4) is 0 Å². The zero-order valence-electron chi connectivity index (χ0n) is 13.4. The number of anilines is 1.